The predicted octanol–water partition coefficient (Wildman–Crippen LogP) is 16.3. The zero-order valence-corrected chi connectivity index (χ0v) is 39.7. The molecule has 4 heteroatoms. The van der Waals surface area contributed by atoms with Crippen molar-refractivity contribution in [1.82, 2.24) is 0 Å². The van der Waals surface area contributed by atoms with Crippen LogP contribution in [0.3, 0.4) is 0 Å². The van der Waals surface area contributed by atoms with Crippen LogP contribution in [-0.2, 0) is 9.53 Å². The average molecular weight is 843 g/mol. The van der Waals surface area contributed by atoms with Crippen LogP contribution < -0.4 is 9.47 Å². The van der Waals surface area contributed by atoms with Crippen molar-refractivity contribution in [2.45, 2.75) is 176 Å². The van der Waals surface area contributed by atoms with Gasteiger partial charge in [0.05, 0.1) is 13.2 Å². The first kappa shape index (κ1) is 46.5. The Morgan fingerprint density at radius 1 is 0.677 bits per heavy atom. The van der Waals surface area contributed by atoms with Crippen LogP contribution in [0, 0.1) is 46.3 Å². The minimum absolute atomic E-state index is 0.00191. The van der Waals surface area contributed by atoms with E-state index in [1.165, 1.54) is 93.7 Å². The van der Waals surface area contributed by atoms with Crippen LogP contribution in [0.25, 0.3) is 22.3 Å². The molecule has 4 aliphatic rings. The Balaban J connectivity index is 0.786. The highest BCUT2D eigenvalue weighted by atomic mass is 16.5. The molecule has 62 heavy (non-hydrogen) atoms. The van der Waals surface area contributed by atoms with Gasteiger partial charge in [0.25, 0.3) is 0 Å². The van der Waals surface area contributed by atoms with Crippen LogP contribution in [-0.4, -0.2) is 25.3 Å². The van der Waals surface area contributed by atoms with Crippen molar-refractivity contribution in [1.29, 1.82) is 0 Å². The summed E-state index contributed by atoms with van der Waals surface area (Å²) in [6, 6.07) is 25.6. The molecule has 0 heterocycles. The molecule has 0 saturated heterocycles. The molecule has 0 aliphatic heterocycles. The third-order valence-corrected chi connectivity index (χ3v) is 16.6. The second kappa shape index (κ2) is 21.9. The van der Waals surface area contributed by atoms with Crippen molar-refractivity contribution in [3.8, 4) is 33.8 Å². The van der Waals surface area contributed by atoms with Gasteiger partial charge in [0.2, 0.25) is 0 Å². The number of fused-ring (bicyclic) bond motifs is 5. The maximum Gasteiger partial charge on any atom is 0.306 e. The second-order valence-corrected chi connectivity index (χ2v) is 21.2. The molecule has 3 aromatic carbocycles. The highest BCUT2D eigenvalue weighted by Crippen LogP contribution is 2.67. The standard InChI is InChI=1S/C58H82O4/c1-7-8-9-13-38-60-49-29-26-45(27-30-49)44-22-24-46(25-23-44)47-19-16-20-50(40-47)61-39-14-11-10-12-21-56(59)62-51-34-36-57(5)48(41-51)28-31-52-54-33-32-53(43(4)18-15-17-42(2)3)58(54,6)37-35-55(52)57/h16,19-20,22-30,40,42-43,51-55H,7-15,17-18,21,31-39,41H2,1-6H3/t43-,51+,52+,53-,54+,55+,57+,58-/m1/s1. The number of ether oxygens (including phenoxy) is 3. The van der Waals surface area contributed by atoms with Crippen molar-refractivity contribution in [3.05, 3.63) is 84.4 Å². The van der Waals surface area contributed by atoms with Gasteiger partial charge in [0, 0.05) is 12.8 Å². The third-order valence-electron chi connectivity index (χ3n) is 16.6. The zero-order chi connectivity index (χ0) is 43.5. The molecular formula is C58H82O4. The van der Waals surface area contributed by atoms with Crippen LogP contribution in [0.1, 0.15) is 170 Å². The molecule has 3 saturated carbocycles. The average Bonchev–Trinajstić information content (AvgIpc) is 3.64. The summed E-state index contributed by atoms with van der Waals surface area (Å²) >= 11 is 0. The molecule has 3 fully saturated rings. The minimum atomic E-state index is -0.00191. The monoisotopic (exact) mass is 843 g/mol. The number of unbranched alkanes of at least 4 members (excludes halogenated alkanes) is 6. The summed E-state index contributed by atoms with van der Waals surface area (Å²) in [5, 5.41) is 0. The molecule has 0 spiro atoms. The quantitative estimate of drug-likeness (QED) is 0.0574. The lowest BCUT2D eigenvalue weighted by atomic mass is 9.47. The predicted molar refractivity (Wildman–Crippen MR) is 258 cm³/mol. The summed E-state index contributed by atoms with van der Waals surface area (Å²) in [5.74, 6) is 6.96. The number of hydrogen-bond acceptors (Lipinski definition) is 4. The van der Waals surface area contributed by atoms with E-state index in [9.17, 15) is 4.79 Å². The van der Waals surface area contributed by atoms with Gasteiger partial charge in [-0.05, 0) is 157 Å². The Morgan fingerprint density at radius 3 is 2.08 bits per heavy atom. The lowest BCUT2D eigenvalue weighted by Gasteiger charge is -2.58. The summed E-state index contributed by atoms with van der Waals surface area (Å²) < 4.78 is 18.3. The van der Waals surface area contributed by atoms with Crippen LogP contribution in [0.15, 0.2) is 84.4 Å². The number of hydrogen-bond donors (Lipinski definition) is 0. The lowest BCUT2D eigenvalue weighted by molar-refractivity contribution is -0.151. The van der Waals surface area contributed by atoms with Crippen LogP contribution in [0.5, 0.6) is 11.5 Å². The Kier molecular flexibility index (Phi) is 16.4. The third kappa shape index (κ3) is 11.4. The Labute approximate surface area is 377 Å². The summed E-state index contributed by atoms with van der Waals surface area (Å²) in [6.07, 6.45) is 26.3. The van der Waals surface area contributed by atoms with Crippen molar-refractivity contribution >= 4 is 5.97 Å². The molecule has 0 radical (unpaired) electrons. The Bertz CT molecular complexity index is 1880. The molecule has 0 N–H and O–H groups in total. The van der Waals surface area contributed by atoms with E-state index in [-0.39, 0.29) is 12.1 Å². The van der Waals surface area contributed by atoms with Crippen molar-refractivity contribution < 1.29 is 19.0 Å². The number of rotatable bonds is 22. The maximum atomic E-state index is 13.0. The number of carbonyl (C=O) groups is 1. The fourth-order valence-corrected chi connectivity index (χ4v) is 13.0. The van der Waals surface area contributed by atoms with Crippen LogP contribution in [0.2, 0.25) is 0 Å². The maximum absolute atomic E-state index is 13.0. The first-order valence-electron chi connectivity index (χ1n) is 25.5. The molecular weight excluding hydrogens is 761 g/mol. The molecule has 0 bridgehead atoms. The van der Waals surface area contributed by atoms with Gasteiger partial charge in [0.15, 0.2) is 0 Å². The SMILES string of the molecule is CCCCCCOc1ccc(-c2ccc(-c3cccc(OCCCCCCC(=O)O[C@H]4CC[C@@]5(C)C(=CC[C@H]6[C@@H]7CC[C@H]([C@H](C)CCCC(C)C)[C@@]7(C)CC[C@@H]65)C4)c3)cc2)cc1. The molecule has 338 valence electrons. The van der Waals surface area contributed by atoms with Crippen LogP contribution >= 0.6 is 0 Å². The van der Waals surface area contributed by atoms with E-state index in [1.807, 2.05) is 6.07 Å². The highest BCUT2D eigenvalue weighted by Gasteiger charge is 2.59. The Morgan fingerprint density at radius 2 is 1.35 bits per heavy atom. The number of allylic oxidation sites excluding steroid dienone is 1. The van der Waals surface area contributed by atoms with Gasteiger partial charge in [-0.2, -0.15) is 0 Å². The van der Waals surface area contributed by atoms with Gasteiger partial charge >= 0.3 is 5.97 Å². The van der Waals surface area contributed by atoms with Gasteiger partial charge in [0.1, 0.15) is 17.6 Å². The van der Waals surface area contributed by atoms with E-state index in [4.69, 9.17) is 14.2 Å². The molecule has 4 nitrogen and oxygen atoms in total. The molecule has 0 unspecified atom stereocenters. The summed E-state index contributed by atoms with van der Waals surface area (Å²) in [7, 11) is 0. The number of esters is 1. The van der Waals surface area contributed by atoms with Gasteiger partial charge in [-0.15, -0.1) is 0 Å². The number of benzene rings is 3. The Hall–Kier alpha value is -3.53. The van der Waals surface area contributed by atoms with Crippen molar-refractivity contribution in [2.75, 3.05) is 13.2 Å². The lowest BCUT2D eigenvalue weighted by Crippen LogP contribution is -2.51. The van der Waals surface area contributed by atoms with Gasteiger partial charge in [-0.1, -0.05) is 153 Å². The fourth-order valence-electron chi connectivity index (χ4n) is 13.0. The molecule has 3 aromatic rings. The minimum Gasteiger partial charge on any atom is -0.494 e. The summed E-state index contributed by atoms with van der Waals surface area (Å²) in [5.41, 5.74) is 7.15. The van der Waals surface area contributed by atoms with Crippen LogP contribution in [0.4, 0.5) is 0 Å². The highest BCUT2D eigenvalue weighted by molar-refractivity contribution is 5.71. The molecule has 7 rings (SSSR count). The summed E-state index contributed by atoms with van der Waals surface area (Å²) in [6.45, 7) is 16.3. The smallest absolute Gasteiger partial charge is 0.306 e. The molecule has 8 atom stereocenters. The van der Waals surface area contributed by atoms with Gasteiger partial charge in [-0.3, -0.25) is 4.79 Å². The van der Waals surface area contributed by atoms with E-state index in [2.05, 4.69) is 114 Å². The van der Waals surface area contributed by atoms with Crippen molar-refractivity contribution in [2.24, 2.45) is 46.3 Å². The van der Waals surface area contributed by atoms with Gasteiger partial charge in [-0.25, -0.2) is 0 Å². The fraction of sp³-hybridized carbons (Fsp3) is 0.638. The second-order valence-electron chi connectivity index (χ2n) is 21.2. The zero-order valence-electron chi connectivity index (χ0n) is 39.7. The number of carbonyl (C=O) groups excluding carboxylic acids is 1. The van der Waals surface area contributed by atoms with E-state index in [1.54, 1.807) is 5.57 Å². The first-order chi connectivity index (χ1) is 30.1. The molecule has 0 aromatic heterocycles. The van der Waals surface area contributed by atoms with E-state index >= 15 is 0 Å². The van der Waals surface area contributed by atoms with E-state index in [0.29, 0.717) is 23.9 Å². The largest absolute Gasteiger partial charge is 0.494 e. The summed E-state index contributed by atoms with van der Waals surface area (Å²) in [4.78, 5) is 13.0. The normalized spacial score (nSPS) is 27.1. The van der Waals surface area contributed by atoms with Gasteiger partial charge < -0.3 is 14.2 Å². The first-order valence-corrected chi connectivity index (χ1v) is 25.5. The topological polar surface area (TPSA) is 44.8 Å². The van der Waals surface area contributed by atoms with E-state index in [0.717, 1.165) is 104 Å². The van der Waals surface area contributed by atoms with Crippen molar-refractivity contribution in [3.63, 3.8) is 0 Å². The molecule has 4 aliphatic carbocycles. The van der Waals surface area contributed by atoms with E-state index < -0.39 is 0 Å². The molecule has 0 amide bonds.